The van der Waals surface area contributed by atoms with Crippen molar-refractivity contribution in [3.8, 4) is 0 Å². The van der Waals surface area contributed by atoms with E-state index in [1.165, 1.54) is 10.3 Å². The van der Waals surface area contributed by atoms with Gasteiger partial charge in [0.2, 0.25) is 0 Å². The van der Waals surface area contributed by atoms with Gasteiger partial charge in [-0.3, -0.25) is 9.69 Å². The Morgan fingerprint density at radius 3 is 2.58 bits per heavy atom. The number of hydrogen-bond donors (Lipinski definition) is 0. The summed E-state index contributed by atoms with van der Waals surface area (Å²) in [6.45, 7) is 12.6. The fraction of sp³-hybridized carbons (Fsp3) is 0.611. The number of Topliss-reactive ketones (excluding diaryl/α,β-unsaturated/α-hetero) is 1. The third kappa shape index (κ3) is 3.44. The van der Waals surface area contributed by atoms with E-state index in [4.69, 9.17) is 0 Å². The lowest BCUT2D eigenvalue weighted by molar-refractivity contribution is -0.125. The molecule has 0 saturated carbocycles. The molecule has 3 heterocycles. The SMILES string of the molecule is CCc1cc2c(N3CCN(CC(C)(C)C(C)=O)CC3)ncnc2s1. The average molecular weight is 346 g/mol. The molecule has 0 unspecified atom stereocenters. The number of hydrogen-bond acceptors (Lipinski definition) is 6. The van der Waals surface area contributed by atoms with Crippen molar-refractivity contribution in [1.29, 1.82) is 0 Å². The van der Waals surface area contributed by atoms with Crippen LogP contribution in [-0.2, 0) is 11.2 Å². The van der Waals surface area contributed by atoms with Crippen molar-refractivity contribution in [3.05, 3.63) is 17.3 Å². The van der Waals surface area contributed by atoms with Gasteiger partial charge in [-0.1, -0.05) is 20.8 Å². The quantitative estimate of drug-likeness (QED) is 0.833. The molecular formula is C18H26N4OS. The first-order valence-corrected chi connectivity index (χ1v) is 9.44. The second kappa shape index (κ2) is 6.76. The van der Waals surface area contributed by atoms with Crippen LogP contribution < -0.4 is 4.90 Å². The fourth-order valence-electron chi connectivity index (χ4n) is 3.11. The summed E-state index contributed by atoms with van der Waals surface area (Å²) in [6.07, 6.45) is 2.72. The van der Waals surface area contributed by atoms with E-state index in [2.05, 4.69) is 32.8 Å². The first-order chi connectivity index (χ1) is 11.4. The summed E-state index contributed by atoms with van der Waals surface area (Å²) in [5, 5.41) is 1.18. The van der Waals surface area contributed by atoms with Crippen LogP contribution in [0.5, 0.6) is 0 Å². The first-order valence-electron chi connectivity index (χ1n) is 8.62. The van der Waals surface area contributed by atoms with Gasteiger partial charge in [0.1, 0.15) is 22.8 Å². The molecule has 1 aliphatic rings. The summed E-state index contributed by atoms with van der Waals surface area (Å²) in [7, 11) is 0. The van der Waals surface area contributed by atoms with E-state index in [0.717, 1.165) is 49.8 Å². The van der Waals surface area contributed by atoms with Crippen molar-refractivity contribution >= 4 is 33.2 Å². The molecule has 0 spiro atoms. The molecule has 1 aliphatic heterocycles. The largest absolute Gasteiger partial charge is 0.353 e. The summed E-state index contributed by atoms with van der Waals surface area (Å²) < 4.78 is 0. The highest BCUT2D eigenvalue weighted by Gasteiger charge is 2.29. The standard InChI is InChI=1S/C18H26N4OS/c1-5-14-10-15-16(19-12-20-17(15)24-14)22-8-6-21(7-9-22)11-18(3,4)13(2)23/h10,12H,5-9,11H2,1-4H3. The van der Waals surface area contributed by atoms with Gasteiger partial charge >= 0.3 is 0 Å². The van der Waals surface area contributed by atoms with E-state index in [9.17, 15) is 4.79 Å². The first kappa shape index (κ1) is 17.3. The van der Waals surface area contributed by atoms with Crippen molar-refractivity contribution in [2.75, 3.05) is 37.6 Å². The van der Waals surface area contributed by atoms with Gasteiger partial charge in [-0.15, -0.1) is 11.3 Å². The molecule has 2 aromatic rings. The molecule has 24 heavy (non-hydrogen) atoms. The Morgan fingerprint density at radius 1 is 1.25 bits per heavy atom. The number of aryl methyl sites for hydroxylation is 1. The van der Waals surface area contributed by atoms with E-state index in [1.54, 1.807) is 24.6 Å². The smallest absolute Gasteiger partial charge is 0.140 e. The van der Waals surface area contributed by atoms with Crippen LogP contribution in [0, 0.1) is 5.41 Å². The lowest BCUT2D eigenvalue weighted by atomic mass is 9.88. The highest BCUT2D eigenvalue weighted by Crippen LogP contribution is 2.31. The predicted molar refractivity (Wildman–Crippen MR) is 99.9 cm³/mol. The van der Waals surface area contributed by atoms with E-state index in [0.29, 0.717) is 0 Å². The molecule has 130 valence electrons. The van der Waals surface area contributed by atoms with Crippen molar-refractivity contribution < 1.29 is 4.79 Å². The van der Waals surface area contributed by atoms with E-state index >= 15 is 0 Å². The summed E-state index contributed by atoms with van der Waals surface area (Å²) in [5.41, 5.74) is -0.270. The van der Waals surface area contributed by atoms with Crippen molar-refractivity contribution in [2.45, 2.75) is 34.1 Å². The molecule has 0 N–H and O–H groups in total. The van der Waals surface area contributed by atoms with Crippen molar-refractivity contribution in [2.24, 2.45) is 5.41 Å². The fourth-order valence-corrected chi connectivity index (χ4v) is 4.04. The highest BCUT2D eigenvalue weighted by atomic mass is 32.1. The number of carbonyl (C=O) groups excluding carboxylic acids is 1. The minimum absolute atomic E-state index is 0.257. The molecule has 0 bridgehead atoms. The number of carbonyl (C=O) groups is 1. The Balaban J connectivity index is 1.71. The van der Waals surface area contributed by atoms with Gasteiger partial charge < -0.3 is 4.90 Å². The van der Waals surface area contributed by atoms with Crippen LogP contribution in [0.1, 0.15) is 32.6 Å². The second-order valence-electron chi connectivity index (χ2n) is 7.19. The lowest BCUT2D eigenvalue weighted by Crippen LogP contribution is -2.50. The Morgan fingerprint density at radius 2 is 1.96 bits per heavy atom. The molecule has 1 fully saturated rings. The molecule has 6 heteroatoms. The van der Waals surface area contributed by atoms with E-state index in [1.807, 2.05) is 13.8 Å². The number of piperazine rings is 1. The molecule has 2 aromatic heterocycles. The Hall–Kier alpha value is -1.53. The monoisotopic (exact) mass is 346 g/mol. The maximum atomic E-state index is 11.7. The zero-order valence-corrected chi connectivity index (χ0v) is 15.8. The van der Waals surface area contributed by atoms with Gasteiger partial charge in [-0.05, 0) is 19.4 Å². The van der Waals surface area contributed by atoms with Crippen LogP contribution in [0.3, 0.4) is 0 Å². The molecule has 0 radical (unpaired) electrons. The van der Waals surface area contributed by atoms with Crippen molar-refractivity contribution in [1.82, 2.24) is 14.9 Å². The number of rotatable bonds is 5. The molecule has 0 aliphatic carbocycles. The summed E-state index contributed by atoms with van der Waals surface area (Å²) in [4.78, 5) is 27.9. The Kier molecular flexibility index (Phi) is 4.88. The normalized spacial score (nSPS) is 16.8. The number of anilines is 1. The summed E-state index contributed by atoms with van der Waals surface area (Å²) in [5.74, 6) is 1.31. The number of nitrogens with zero attached hydrogens (tertiary/aromatic N) is 4. The van der Waals surface area contributed by atoms with Crippen LogP contribution in [-0.4, -0.2) is 53.4 Å². The van der Waals surface area contributed by atoms with Gasteiger partial charge in [0, 0.05) is 43.0 Å². The minimum atomic E-state index is -0.270. The number of ketones is 1. The second-order valence-corrected chi connectivity index (χ2v) is 8.30. The van der Waals surface area contributed by atoms with Gasteiger partial charge in [0.25, 0.3) is 0 Å². The number of thiophene rings is 1. The zero-order valence-electron chi connectivity index (χ0n) is 15.0. The average Bonchev–Trinajstić information content (AvgIpc) is 2.98. The summed E-state index contributed by atoms with van der Waals surface area (Å²) >= 11 is 1.76. The molecule has 3 rings (SSSR count). The molecule has 0 atom stereocenters. The topological polar surface area (TPSA) is 49.3 Å². The van der Waals surface area contributed by atoms with Gasteiger partial charge in [-0.2, -0.15) is 0 Å². The minimum Gasteiger partial charge on any atom is -0.353 e. The molecule has 0 amide bonds. The summed E-state index contributed by atoms with van der Waals surface area (Å²) in [6, 6.07) is 2.24. The van der Waals surface area contributed by atoms with Crippen LogP contribution in [0.25, 0.3) is 10.2 Å². The van der Waals surface area contributed by atoms with Crippen LogP contribution in [0.4, 0.5) is 5.82 Å². The van der Waals surface area contributed by atoms with Crippen LogP contribution in [0.15, 0.2) is 12.4 Å². The molecule has 5 nitrogen and oxygen atoms in total. The van der Waals surface area contributed by atoms with Gasteiger partial charge in [0.15, 0.2) is 0 Å². The van der Waals surface area contributed by atoms with Gasteiger partial charge in [-0.25, -0.2) is 9.97 Å². The third-order valence-electron chi connectivity index (χ3n) is 4.95. The van der Waals surface area contributed by atoms with E-state index < -0.39 is 0 Å². The number of aromatic nitrogens is 2. The van der Waals surface area contributed by atoms with Crippen molar-refractivity contribution in [3.63, 3.8) is 0 Å². The number of fused-ring (bicyclic) bond motifs is 1. The maximum absolute atomic E-state index is 11.7. The molecular weight excluding hydrogens is 320 g/mol. The van der Waals surface area contributed by atoms with Crippen LogP contribution in [0.2, 0.25) is 0 Å². The van der Waals surface area contributed by atoms with E-state index in [-0.39, 0.29) is 11.2 Å². The Bertz CT molecular complexity index is 732. The maximum Gasteiger partial charge on any atom is 0.140 e. The Labute approximate surface area is 147 Å². The zero-order chi connectivity index (χ0) is 17.3. The molecule has 1 saturated heterocycles. The van der Waals surface area contributed by atoms with Crippen LogP contribution >= 0.6 is 11.3 Å². The third-order valence-corrected chi connectivity index (χ3v) is 6.14. The molecule has 0 aromatic carbocycles. The highest BCUT2D eigenvalue weighted by molar-refractivity contribution is 7.18. The lowest BCUT2D eigenvalue weighted by Gasteiger charge is -2.38. The predicted octanol–water partition coefficient (Wildman–Crippen LogP) is 2.99. The van der Waals surface area contributed by atoms with Gasteiger partial charge in [0.05, 0.1) is 5.39 Å².